The quantitative estimate of drug-likeness (QED) is 0.752. The number of likely N-dealkylation sites (tertiary alicyclic amines) is 1. The van der Waals surface area contributed by atoms with E-state index in [1.54, 1.807) is 13.1 Å². The van der Waals surface area contributed by atoms with Crippen LogP contribution in [0.15, 0.2) is 12.3 Å². The predicted octanol–water partition coefficient (Wildman–Crippen LogP) is 0.638. The summed E-state index contributed by atoms with van der Waals surface area (Å²) in [5, 5.41) is 14.5. The second kappa shape index (κ2) is 6.87. The van der Waals surface area contributed by atoms with Gasteiger partial charge in [-0.1, -0.05) is 0 Å². The zero-order valence-electron chi connectivity index (χ0n) is 11.9. The van der Waals surface area contributed by atoms with E-state index in [2.05, 4.69) is 20.6 Å². The summed E-state index contributed by atoms with van der Waals surface area (Å²) >= 11 is 0. The molecule has 8 nitrogen and oxygen atoms in total. The highest BCUT2D eigenvalue weighted by Gasteiger charge is 2.22. The van der Waals surface area contributed by atoms with Gasteiger partial charge in [-0.2, -0.15) is 0 Å². The van der Waals surface area contributed by atoms with E-state index in [0.29, 0.717) is 37.2 Å². The fourth-order valence-corrected chi connectivity index (χ4v) is 2.26. The Kier molecular flexibility index (Phi) is 4.91. The number of nitrogens with one attached hydrogen (secondary N) is 2. The highest BCUT2D eigenvalue weighted by molar-refractivity contribution is 5.92. The van der Waals surface area contributed by atoms with Crippen molar-refractivity contribution in [3.63, 3.8) is 0 Å². The zero-order chi connectivity index (χ0) is 15.2. The Hall–Kier alpha value is -2.38. The van der Waals surface area contributed by atoms with Gasteiger partial charge in [-0.25, -0.2) is 14.8 Å². The third kappa shape index (κ3) is 4.04. The topological polar surface area (TPSA) is 107 Å². The van der Waals surface area contributed by atoms with Gasteiger partial charge in [0.25, 0.3) is 5.91 Å². The van der Waals surface area contributed by atoms with Crippen molar-refractivity contribution >= 4 is 17.9 Å². The van der Waals surface area contributed by atoms with E-state index in [0.717, 1.165) is 12.8 Å². The number of hydrogen-bond donors (Lipinski definition) is 3. The van der Waals surface area contributed by atoms with E-state index < -0.39 is 6.09 Å². The number of aromatic nitrogens is 2. The standard InChI is InChI=1S/C13H19N5O3/c1-14-12-15-5-2-10(17-12)11(19)16-8-9-3-6-18(7-4-9)13(20)21/h2,5,9H,3-4,6-8H2,1H3,(H,16,19)(H,20,21)(H,14,15,17). The molecule has 0 spiro atoms. The van der Waals surface area contributed by atoms with Crippen molar-refractivity contribution < 1.29 is 14.7 Å². The molecule has 0 unspecified atom stereocenters. The Morgan fingerprint density at radius 2 is 2.14 bits per heavy atom. The number of anilines is 1. The molecule has 1 aliphatic heterocycles. The third-order valence-electron chi connectivity index (χ3n) is 3.55. The Labute approximate surface area is 122 Å². The number of rotatable bonds is 4. The van der Waals surface area contributed by atoms with Crippen LogP contribution in [0.4, 0.5) is 10.7 Å². The Morgan fingerprint density at radius 3 is 2.76 bits per heavy atom. The highest BCUT2D eigenvalue weighted by Crippen LogP contribution is 2.16. The lowest BCUT2D eigenvalue weighted by atomic mass is 9.97. The maximum atomic E-state index is 12.0. The fourth-order valence-electron chi connectivity index (χ4n) is 2.26. The Bertz CT molecular complexity index is 514. The average molecular weight is 293 g/mol. The first-order valence-electron chi connectivity index (χ1n) is 6.87. The van der Waals surface area contributed by atoms with Gasteiger partial charge < -0.3 is 20.6 Å². The van der Waals surface area contributed by atoms with Crippen molar-refractivity contribution in [2.24, 2.45) is 5.92 Å². The molecule has 8 heteroatoms. The smallest absolute Gasteiger partial charge is 0.407 e. The highest BCUT2D eigenvalue weighted by atomic mass is 16.4. The van der Waals surface area contributed by atoms with E-state index >= 15 is 0 Å². The van der Waals surface area contributed by atoms with E-state index in [4.69, 9.17) is 5.11 Å². The molecule has 1 saturated heterocycles. The second-order valence-electron chi connectivity index (χ2n) is 4.94. The monoisotopic (exact) mass is 293 g/mol. The molecule has 1 aromatic rings. The minimum absolute atomic E-state index is 0.241. The molecule has 0 saturated carbocycles. The summed E-state index contributed by atoms with van der Waals surface area (Å²) in [6.07, 6.45) is 2.17. The first-order chi connectivity index (χ1) is 10.1. The summed E-state index contributed by atoms with van der Waals surface area (Å²) in [5.74, 6) is 0.460. The number of amides is 2. The van der Waals surface area contributed by atoms with E-state index in [1.807, 2.05) is 0 Å². The molecule has 0 aromatic carbocycles. The number of carboxylic acid groups (broad SMARTS) is 1. The maximum Gasteiger partial charge on any atom is 0.407 e. The van der Waals surface area contributed by atoms with Gasteiger partial charge in [-0.15, -0.1) is 0 Å². The molecule has 3 N–H and O–H groups in total. The molecule has 0 atom stereocenters. The van der Waals surface area contributed by atoms with Crippen LogP contribution in [0.2, 0.25) is 0 Å². The van der Waals surface area contributed by atoms with Gasteiger partial charge in [-0.3, -0.25) is 4.79 Å². The van der Waals surface area contributed by atoms with Crippen molar-refractivity contribution in [3.8, 4) is 0 Å². The molecule has 2 heterocycles. The van der Waals surface area contributed by atoms with Crippen molar-refractivity contribution in [3.05, 3.63) is 18.0 Å². The summed E-state index contributed by atoms with van der Waals surface area (Å²) in [6, 6.07) is 1.56. The van der Waals surface area contributed by atoms with Gasteiger partial charge in [0, 0.05) is 32.9 Å². The number of piperidine rings is 1. The van der Waals surface area contributed by atoms with Gasteiger partial charge >= 0.3 is 6.09 Å². The van der Waals surface area contributed by atoms with Crippen molar-refractivity contribution in [1.29, 1.82) is 0 Å². The van der Waals surface area contributed by atoms with Crippen LogP contribution in [-0.2, 0) is 0 Å². The van der Waals surface area contributed by atoms with Crippen molar-refractivity contribution in [2.75, 3.05) is 32.0 Å². The van der Waals surface area contributed by atoms with Crippen LogP contribution < -0.4 is 10.6 Å². The van der Waals surface area contributed by atoms with Gasteiger partial charge in [0.15, 0.2) is 0 Å². The number of hydrogen-bond acceptors (Lipinski definition) is 5. The van der Waals surface area contributed by atoms with Crippen molar-refractivity contribution in [1.82, 2.24) is 20.2 Å². The molecule has 2 amide bonds. The van der Waals surface area contributed by atoms with Gasteiger partial charge in [0.1, 0.15) is 5.69 Å². The lowest BCUT2D eigenvalue weighted by Crippen LogP contribution is -2.41. The summed E-state index contributed by atoms with van der Waals surface area (Å²) in [5.41, 5.74) is 0.317. The minimum Gasteiger partial charge on any atom is -0.465 e. The molecule has 1 aliphatic rings. The predicted molar refractivity (Wildman–Crippen MR) is 76.2 cm³/mol. The van der Waals surface area contributed by atoms with Gasteiger partial charge in [0.05, 0.1) is 0 Å². The number of carbonyl (C=O) groups excluding carboxylic acids is 1. The van der Waals surface area contributed by atoms with Crippen LogP contribution >= 0.6 is 0 Å². The molecule has 2 rings (SSSR count). The molecule has 114 valence electrons. The van der Waals surface area contributed by atoms with Crippen LogP contribution in [0.1, 0.15) is 23.3 Å². The molecular formula is C13H19N5O3. The lowest BCUT2D eigenvalue weighted by molar-refractivity contribution is 0.0924. The second-order valence-corrected chi connectivity index (χ2v) is 4.94. The first-order valence-corrected chi connectivity index (χ1v) is 6.87. The SMILES string of the molecule is CNc1nccc(C(=O)NCC2CCN(C(=O)O)CC2)n1. The minimum atomic E-state index is -0.877. The molecular weight excluding hydrogens is 274 g/mol. The fraction of sp³-hybridized carbons (Fsp3) is 0.538. The molecule has 1 aromatic heterocycles. The van der Waals surface area contributed by atoms with Crippen molar-refractivity contribution in [2.45, 2.75) is 12.8 Å². The summed E-state index contributed by atoms with van der Waals surface area (Å²) < 4.78 is 0. The van der Waals surface area contributed by atoms with Crippen LogP contribution in [0, 0.1) is 5.92 Å². The average Bonchev–Trinajstić information content (AvgIpc) is 2.53. The summed E-state index contributed by atoms with van der Waals surface area (Å²) in [4.78, 5) is 32.2. The largest absolute Gasteiger partial charge is 0.465 e. The zero-order valence-corrected chi connectivity index (χ0v) is 11.9. The normalized spacial score (nSPS) is 15.6. The summed E-state index contributed by atoms with van der Waals surface area (Å²) in [7, 11) is 1.69. The van der Waals surface area contributed by atoms with Crippen LogP contribution in [-0.4, -0.2) is 58.7 Å². The molecule has 1 fully saturated rings. The Balaban J connectivity index is 1.80. The molecule has 0 radical (unpaired) electrons. The van der Waals surface area contributed by atoms with E-state index in [-0.39, 0.29) is 5.91 Å². The maximum absolute atomic E-state index is 12.0. The van der Waals surface area contributed by atoms with Crippen LogP contribution in [0.3, 0.4) is 0 Å². The molecule has 21 heavy (non-hydrogen) atoms. The van der Waals surface area contributed by atoms with E-state index in [9.17, 15) is 9.59 Å². The number of nitrogens with zero attached hydrogens (tertiary/aromatic N) is 3. The molecule has 0 aliphatic carbocycles. The Morgan fingerprint density at radius 1 is 1.43 bits per heavy atom. The summed E-state index contributed by atoms with van der Waals surface area (Å²) in [6.45, 7) is 1.58. The van der Waals surface area contributed by atoms with Gasteiger partial charge in [0.2, 0.25) is 5.95 Å². The van der Waals surface area contributed by atoms with E-state index in [1.165, 1.54) is 11.1 Å². The first kappa shape index (κ1) is 15.0. The van der Waals surface area contributed by atoms with Crippen LogP contribution in [0.5, 0.6) is 0 Å². The number of carbonyl (C=O) groups is 2. The lowest BCUT2D eigenvalue weighted by Gasteiger charge is -2.29. The van der Waals surface area contributed by atoms with Gasteiger partial charge in [-0.05, 0) is 24.8 Å². The van der Waals surface area contributed by atoms with Crippen LogP contribution in [0.25, 0.3) is 0 Å². The molecule has 0 bridgehead atoms. The third-order valence-corrected chi connectivity index (χ3v) is 3.55.